The van der Waals surface area contributed by atoms with Crippen LogP contribution in [0.5, 0.6) is 0 Å². The summed E-state index contributed by atoms with van der Waals surface area (Å²) in [5.74, 6) is -0.0717. The first kappa shape index (κ1) is 22.0. The molecule has 0 aliphatic rings. The van der Waals surface area contributed by atoms with Crippen LogP contribution in [-0.2, 0) is 11.0 Å². The maximum Gasteiger partial charge on any atom is 0.417 e. The van der Waals surface area contributed by atoms with E-state index in [0.29, 0.717) is 11.3 Å². The molecule has 1 atom stereocenters. The van der Waals surface area contributed by atoms with Crippen LogP contribution in [0.25, 0.3) is 11.7 Å². The second kappa shape index (κ2) is 9.09. The van der Waals surface area contributed by atoms with Crippen LogP contribution in [0.4, 0.5) is 18.9 Å². The fraction of sp³-hybridized carbons (Fsp3) is 0.0952. The van der Waals surface area contributed by atoms with E-state index in [9.17, 15) is 18.0 Å². The van der Waals surface area contributed by atoms with Gasteiger partial charge < -0.3 is 14.2 Å². The first-order valence-corrected chi connectivity index (χ1v) is 10.3. The molecular formula is C21H13ClF3N3O3S. The zero-order chi connectivity index (χ0) is 22.7. The largest absolute Gasteiger partial charge is 0.459 e. The van der Waals surface area contributed by atoms with Gasteiger partial charge in [-0.3, -0.25) is 4.79 Å². The Morgan fingerprint density at radius 2 is 1.84 bits per heavy atom. The normalized spacial score (nSPS) is 12.5. The molecule has 0 fully saturated rings. The van der Waals surface area contributed by atoms with Crippen LogP contribution in [0.3, 0.4) is 0 Å². The Morgan fingerprint density at radius 3 is 2.53 bits per heavy atom. The van der Waals surface area contributed by atoms with Crippen molar-refractivity contribution in [3.63, 3.8) is 0 Å². The molecule has 4 rings (SSSR count). The van der Waals surface area contributed by atoms with Gasteiger partial charge in [-0.1, -0.05) is 41.9 Å². The van der Waals surface area contributed by atoms with Gasteiger partial charge in [-0.25, -0.2) is 0 Å². The number of carbonyl (C=O) groups is 1. The van der Waals surface area contributed by atoms with E-state index in [2.05, 4.69) is 15.5 Å². The molecule has 32 heavy (non-hydrogen) atoms. The van der Waals surface area contributed by atoms with Gasteiger partial charge in [0.1, 0.15) is 5.25 Å². The number of nitrogens with one attached hydrogen (secondary N) is 1. The van der Waals surface area contributed by atoms with E-state index in [4.69, 9.17) is 20.4 Å². The number of halogens is 4. The number of alkyl halides is 3. The quantitative estimate of drug-likeness (QED) is 0.319. The first-order valence-electron chi connectivity index (χ1n) is 9.08. The topological polar surface area (TPSA) is 81.2 Å². The number of benzene rings is 2. The van der Waals surface area contributed by atoms with Crippen LogP contribution in [0.15, 0.2) is 81.0 Å². The molecule has 1 unspecified atom stereocenters. The average Bonchev–Trinajstić information content (AvgIpc) is 3.45. The summed E-state index contributed by atoms with van der Waals surface area (Å²) in [6, 6.07) is 15.1. The molecule has 4 aromatic rings. The van der Waals surface area contributed by atoms with E-state index in [-0.39, 0.29) is 16.8 Å². The lowest BCUT2D eigenvalue weighted by Crippen LogP contribution is -2.19. The molecule has 0 aliphatic heterocycles. The summed E-state index contributed by atoms with van der Waals surface area (Å²) in [4.78, 5) is 13.0. The number of nitrogens with zero attached hydrogens (tertiary/aromatic N) is 2. The molecule has 2 aromatic heterocycles. The van der Waals surface area contributed by atoms with Gasteiger partial charge in [0.15, 0.2) is 5.76 Å². The molecule has 2 aromatic carbocycles. The monoisotopic (exact) mass is 479 g/mol. The number of thioether (sulfide) groups is 1. The van der Waals surface area contributed by atoms with Gasteiger partial charge in [0.2, 0.25) is 5.91 Å². The third-order valence-corrected chi connectivity index (χ3v) is 5.65. The highest BCUT2D eigenvalue weighted by Gasteiger charge is 2.34. The number of amides is 1. The summed E-state index contributed by atoms with van der Waals surface area (Å²) in [6.07, 6.45) is -3.20. The van der Waals surface area contributed by atoms with E-state index in [1.165, 1.54) is 12.3 Å². The van der Waals surface area contributed by atoms with E-state index < -0.39 is 27.9 Å². The van der Waals surface area contributed by atoms with Crippen molar-refractivity contribution in [1.82, 2.24) is 10.2 Å². The zero-order valence-electron chi connectivity index (χ0n) is 16.0. The molecule has 0 aliphatic carbocycles. The molecular weight excluding hydrogens is 467 g/mol. The number of carbonyl (C=O) groups excluding carboxylic acids is 1. The molecule has 0 saturated heterocycles. The maximum atomic E-state index is 13.2. The lowest BCUT2D eigenvalue weighted by atomic mass is 10.1. The summed E-state index contributed by atoms with van der Waals surface area (Å²) in [5.41, 5.74) is -0.492. The Labute approximate surface area is 188 Å². The highest BCUT2D eigenvalue weighted by Crippen LogP contribution is 2.39. The van der Waals surface area contributed by atoms with Crippen LogP contribution < -0.4 is 5.32 Å². The minimum absolute atomic E-state index is 0.0462. The van der Waals surface area contributed by atoms with Crippen molar-refractivity contribution in [2.75, 3.05) is 5.32 Å². The van der Waals surface area contributed by atoms with E-state index in [0.717, 1.165) is 23.9 Å². The fourth-order valence-corrected chi connectivity index (χ4v) is 3.89. The number of furan rings is 1. The predicted octanol–water partition coefficient (Wildman–Crippen LogP) is 6.47. The van der Waals surface area contributed by atoms with Crippen molar-refractivity contribution in [3.8, 4) is 11.7 Å². The second-order valence-corrected chi connectivity index (χ2v) is 7.90. The van der Waals surface area contributed by atoms with E-state index in [1.807, 2.05) is 0 Å². The second-order valence-electron chi connectivity index (χ2n) is 6.44. The molecule has 0 spiro atoms. The van der Waals surface area contributed by atoms with Crippen LogP contribution in [-0.4, -0.2) is 16.1 Å². The number of hydrogen-bond donors (Lipinski definition) is 1. The van der Waals surface area contributed by atoms with Crippen molar-refractivity contribution in [2.45, 2.75) is 16.6 Å². The lowest BCUT2D eigenvalue weighted by molar-refractivity contribution is -0.137. The number of rotatable bonds is 6. The molecule has 0 bridgehead atoms. The fourth-order valence-electron chi connectivity index (χ4n) is 2.79. The molecule has 0 radical (unpaired) electrons. The number of hydrogen-bond acceptors (Lipinski definition) is 6. The zero-order valence-corrected chi connectivity index (χ0v) is 17.5. The standard InChI is InChI=1S/C21H13ClF3N3O3S/c22-15-9-8-13(11-14(15)21(23,24)25)26-18(29)17(12-5-2-1-3-6-12)32-20-28-27-19(31-20)16-7-4-10-30-16/h1-11,17H,(H,26,29). The molecule has 164 valence electrons. The van der Waals surface area contributed by atoms with Crippen LogP contribution >= 0.6 is 23.4 Å². The predicted molar refractivity (Wildman–Crippen MR) is 112 cm³/mol. The Morgan fingerprint density at radius 1 is 1.06 bits per heavy atom. The maximum absolute atomic E-state index is 13.2. The lowest BCUT2D eigenvalue weighted by Gasteiger charge is -2.16. The third-order valence-electron chi connectivity index (χ3n) is 4.24. The van der Waals surface area contributed by atoms with Gasteiger partial charge in [-0.2, -0.15) is 13.2 Å². The van der Waals surface area contributed by atoms with Gasteiger partial charge in [0, 0.05) is 5.69 Å². The highest BCUT2D eigenvalue weighted by atomic mass is 35.5. The molecule has 1 amide bonds. The molecule has 0 saturated carbocycles. The van der Waals surface area contributed by atoms with Crippen LogP contribution in [0.2, 0.25) is 5.02 Å². The van der Waals surface area contributed by atoms with E-state index in [1.54, 1.807) is 42.5 Å². The highest BCUT2D eigenvalue weighted by molar-refractivity contribution is 8.00. The summed E-state index contributed by atoms with van der Waals surface area (Å²) < 4.78 is 50.2. The molecule has 2 heterocycles. The average molecular weight is 480 g/mol. The van der Waals surface area contributed by atoms with Crippen molar-refractivity contribution in [2.24, 2.45) is 0 Å². The molecule has 6 nitrogen and oxygen atoms in total. The smallest absolute Gasteiger partial charge is 0.417 e. The first-order chi connectivity index (χ1) is 15.3. The Balaban J connectivity index is 1.59. The number of aromatic nitrogens is 2. The van der Waals surface area contributed by atoms with Gasteiger partial charge >= 0.3 is 6.18 Å². The summed E-state index contributed by atoms with van der Waals surface area (Å²) in [5, 5.41) is 9.08. The van der Waals surface area contributed by atoms with E-state index >= 15 is 0 Å². The van der Waals surface area contributed by atoms with Crippen molar-refractivity contribution >= 4 is 35.0 Å². The Kier molecular flexibility index (Phi) is 6.24. The van der Waals surface area contributed by atoms with Crippen molar-refractivity contribution < 1.29 is 26.8 Å². The Hall–Kier alpha value is -3.24. The summed E-state index contributed by atoms with van der Waals surface area (Å²) >= 11 is 6.61. The van der Waals surface area contributed by atoms with Gasteiger partial charge in [0.05, 0.1) is 16.8 Å². The van der Waals surface area contributed by atoms with Crippen LogP contribution in [0.1, 0.15) is 16.4 Å². The van der Waals surface area contributed by atoms with Gasteiger partial charge in [-0.05, 0) is 47.7 Å². The molecule has 1 N–H and O–H groups in total. The third kappa shape index (κ3) is 4.97. The van der Waals surface area contributed by atoms with Gasteiger partial charge in [0.25, 0.3) is 11.1 Å². The Bertz CT molecular complexity index is 1210. The van der Waals surface area contributed by atoms with Crippen LogP contribution in [0, 0.1) is 0 Å². The number of anilines is 1. The minimum Gasteiger partial charge on any atom is -0.459 e. The molecule has 11 heteroatoms. The summed E-state index contributed by atoms with van der Waals surface area (Å²) in [7, 11) is 0. The minimum atomic E-state index is -4.66. The van der Waals surface area contributed by atoms with Crippen molar-refractivity contribution in [3.05, 3.63) is 83.1 Å². The SMILES string of the molecule is O=C(Nc1ccc(Cl)c(C(F)(F)F)c1)C(Sc1nnc(-c2ccco2)o1)c1ccccc1. The summed E-state index contributed by atoms with van der Waals surface area (Å²) in [6.45, 7) is 0. The van der Waals surface area contributed by atoms with Gasteiger partial charge in [-0.15, -0.1) is 10.2 Å². The van der Waals surface area contributed by atoms with Crippen molar-refractivity contribution in [1.29, 1.82) is 0 Å².